The monoisotopic (exact) mass is 425 g/mol. The number of hydrogen-bond acceptors (Lipinski definition) is 5. The van der Waals surface area contributed by atoms with Crippen LogP contribution in [0.4, 0.5) is 5.69 Å². The summed E-state index contributed by atoms with van der Waals surface area (Å²) in [5.41, 5.74) is 6.02. The van der Waals surface area contributed by atoms with Crippen LogP contribution in [0.5, 0.6) is 0 Å². The third kappa shape index (κ3) is 3.75. The van der Waals surface area contributed by atoms with Crippen molar-refractivity contribution >= 4 is 15.7 Å². The topological polar surface area (TPSA) is 66.7 Å². The molecule has 0 radical (unpaired) electrons. The number of nitrogens with zero attached hydrogens (tertiary/aromatic N) is 3. The van der Waals surface area contributed by atoms with Crippen molar-refractivity contribution in [1.29, 1.82) is 0 Å². The lowest BCUT2D eigenvalue weighted by Crippen LogP contribution is -2.49. The molecule has 4 rings (SSSR count). The minimum absolute atomic E-state index is 0.350. The summed E-state index contributed by atoms with van der Waals surface area (Å²) in [6.45, 7) is 10.2. The Morgan fingerprint density at radius 1 is 0.900 bits per heavy atom. The molecule has 30 heavy (non-hydrogen) atoms. The molecular weight excluding hydrogens is 398 g/mol. The fraction of sp³-hybridized carbons (Fsp3) is 0.348. The number of anilines is 1. The summed E-state index contributed by atoms with van der Waals surface area (Å²) in [4.78, 5) is 2.62. The van der Waals surface area contributed by atoms with Crippen LogP contribution in [0.15, 0.2) is 51.9 Å². The molecule has 2 aromatic carbocycles. The number of aromatic nitrogens is 1. The summed E-state index contributed by atoms with van der Waals surface area (Å²) in [7, 11) is -3.55. The summed E-state index contributed by atoms with van der Waals surface area (Å²) in [5, 5.41) is 3.90. The molecule has 1 fully saturated rings. The Kier molecular flexibility index (Phi) is 5.42. The van der Waals surface area contributed by atoms with Gasteiger partial charge in [-0.15, -0.1) is 0 Å². The molecule has 158 valence electrons. The van der Waals surface area contributed by atoms with Gasteiger partial charge in [-0.05, 0) is 68.7 Å². The number of rotatable bonds is 4. The van der Waals surface area contributed by atoms with Crippen LogP contribution >= 0.6 is 0 Å². The van der Waals surface area contributed by atoms with E-state index in [9.17, 15) is 8.42 Å². The van der Waals surface area contributed by atoms with E-state index >= 15 is 0 Å². The van der Waals surface area contributed by atoms with Crippen LogP contribution in [0.25, 0.3) is 11.3 Å². The standard InChI is InChI=1S/C23H27N3O3S/c1-16-6-5-7-21(19(16)4)25-10-12-26(13-11-25)30(27,28)23-9-8-20(14-17(23)2)22-15-18(3)24-29-22/h5-9,14-15H,10-13H2,1-4H3. The Morgan fingerprint density at radius 2 is 1.63 bits per heavy atom. The average molecular weight is 426 g/mol. The molecule has 0 bridgehead atoms. The fourth-order valence-electron chi connectivity index (χ4n) is 3.98. The van der Waals surface area contributed by atoms with Gasteiger partial charge in [-0.2, -0.15) is 4.31 Å². The van der Waals surface area contributed by atoms with Gasteiger partial charge in [-0.25, -0.2) is 8.42 Å². The molecule has 1 saturated heterocycles. The first-order chi connectivity index (χ1) is 14.3. The highest BCUT2D eigenvalue weighted by atomic mass is 32.2. The number of piperazine rings is 1. The SMILES string of the molecule is Cc1cc(-c2ccc(S(=O)(=O)N3CCN(c4cccc(C)c4C)CC3)c(C)c2)on1. The predicted molar refractivity (Wildman–Crippen MR) is 118 cm³/mol. The summed E-state index contributed by atoms with van der Waals surface area (Å²) in [6.07, 6.45) is 0. The fourth-order valence-corrected chi connectivity index (χ4v) is 5.61. The van der Waals surface area contributed by atoms with Gasteiger partial charge in [0.25, 0.3) is 0 Å². The first-order valence-electron chi connectivity index (χ1n) is 10.1. The third-order valence-corrected chi connectivity index (χ3v) is 7.92. The molecule has 7 heteroatoms. The van der Waals surface area contributed by atoms with E-state index in [1.165, 1.54) is 16.8 Å². The molecule has 0 spiro atoms. The van der Waals surface area contributed by atoms with E-state index in [4.69, 9.17) is 4.52 Å². The Bertz CT molecular complexity index is 1180. The van der Waals surface area contributed by atoms with Gasteiger partial charge in [0.2, 0.25) is 10.0 Å². The first-order valence-corrected chi connectivity index (χ1v) is 11.6. The zero-order chi connectivity index (χ0) is 21.5. The quantitative estimate of drug-likeness (QED) is 0.630. The largest absolute Gasteiger partial charge is 0.369 e. The second kappa shape index (κ2) is 7.89. The van der Waals surface area contributed by atoms with Crippen molar-refractivity contribution < 1.29 is 12.9 Å². The highest BCUT2D eigenvalue weighted by Crippen LogP contribution is 2.29. The molecule has 0 aliphatic carbocycles. The Morgan fingerprint density at radius 3 is 2.27 bits per heavy atom. The second-order valence-corrected chi connectivity index (χ2v) is 9.83. The smallest absolute Gasteiger partial charge is 0.243 e. The lowest BCUT2D eigenvalue weighted by atomic mass is 10.1. The maximum absolute atomic E-state index is 13.3. The van der Waals surface area contributed by atoms with E-state index in [-0.39, 0.29) is 0 Å². The minimum atomic E-state index is -3.55. The number of aryl methyl sites for hydroxylation is 3. The Balaban J connectivity index is 1.53. The number of hydrogen-bond donors (Lipinski definition) is 0. The molecule has 3 aromatic rings. The summed E-state index contributed by atoms with van der Waals surface area (Å²) < 4.78 is 33.5. The van der Waals surface area contributed by atoms with Crippen molar-refractivity contribution in [1.82, 2.24) is 9.46 Å². The lowest BCUT2D eigenvalue weighted by molar-refractivity contribution is 0.384. The minimum Gasteiger partial charge on any atom is -0.369 e. The van der Waals surface area contributed by atoms with Crippen LogP contribution in [0.2, 0.25) is 0 Å². The maximum atomic E-state index is 13.3. The van der Waals surface area contributed by atoms with Crippen LogP contribution in [0, 0.1) is 27.7 Å². The highest BCUT2D eigenvalue weighted by molar-refractivity contribution is 7.89. The summed E-state index contributed by atoms with van der Waals surface area (Å²) in [6, 6.07) is 13.4. The van der Waals surface area contributed by atoms with E-state index in [1.807, 2.05) is 26.0 Å². The van der Waals surface area contributed by atoms with Crippen LogP contribution in [0.1, 0.15) is 22.4 Å². The van der Waals surface area contributed by atoms with Crippen LogP contribution in [-0.2, 0) is 10.0 Å². The molecule has 0 N–H and O–H groups in total. The van der Waals surface area contributed by atoms with Crippen molar-refractivity contribution in [3.63, 3.8) is 0 Å². The van der Waals surface area contributed by atoms with E-state index in [1.54, 1.807) is 16.4 Å². The van der Waals surface area contributed by atoms with E-state index < -0.39 is 10.0 Å². The molecule has 0 saturated carbocycles. The lowest BCUT2D eigenvalue weighted by Gasteiger charge is -2.36. The van der Waals surface area contributed by atoms with Gasteiger partial charge >= 0.3 is 0 Å². The normalized spacial score (nSPS) is 15.5. The van der Waals surface area contributed by atoms with Gasteiger partial charge in [-0.1, -0.05) is 17.3 Å². The van der Waals surface area contributed by atoms with Gasteiger partial charge in [-0.3, -0.25) is 0 Å². The van der Waals surface area contributed by atoms with Gasteiger partial charge in [0, 0.05) is 43.5 Å². The van der Waals surface area contributed by atoms with Crippen LogP contribution < -0.4 is 4.90 Å². The zero-order valence-corrected chi connectivity index (χ0v) is 18.7. The van der Waals surface area contributed by atoms with Gasteiger partial charge < -0.3 is 9.42 Å². The van der Waals surface area contributed by atoms with Crippen molar-refractivity contribution in [2.24, 2.45) is 0 Å². The van der Waals surface area contributed by atoms with E-state index in [2.05, 4.69) is 42.1 Å². The molecule has 6 nitrogen and oxygen atoms in total. The molecule has 0 atom stereocenters. The van der Waals surface area contributed by atoms with E-state index in [0.717, 1.165) is 11.3 Å². The molecule has 1 aromatic heterocycles. The zero-order valence-electron chi connectivity index (χ0n) is 17.8. The van der Waals surface area contributed by atoms with Gasteiger partial charge in [0.15, 0.2) is 5.76 Å². The Hall–Kier alpha value is -2.64. The average Bonchev–Trinajstić information content (AvgIpc) is 3.16. The molecule has 1 aliphatic heterocycles. The second-order valence-electron chi connectivity index (χ2n) is 7.92. The predicted octanol–water partition coefficient (Wildman–Crippen LogP) is 4.09. The van der Waals surface area contributed by atoms with Crippen molar-refractivity contribution in [2.45, 2.75) is 32.6 Å². The van der Waals surface area contributed by atoms with Gasteiger partial charge in [0.1, 0.15) is 0 Å². The molecule has 2 heterocycles. The number of sulfonamides is 1. The third-order valence-electron chi connectivity index (χ3n) is 5.86. The summed E-state index contributed by atoms with van der Waals surface area (Å²) >= 11 is 0. The van der Waals surface area contributed by atoms with Gasteiger partial charge in [0.05, 0.1) is 10.6 Å². The maximum Gasteiger partial charge on any atom is 0.243 e. The first kappa shape index (κ1) is 20.6. The van der Waals surface area contributed by atoms with Crippen molar-refractivity contribution in [3.8, 4) is 11.3 Å². The molecule has 0 amide bonds. The molecular formula is C23H27N3O3S. The summed E-state index contributed by atoms with van der Waals surface area (Å²) in [5.74, 6) is 0.640. The highest BCUT2D eigenvalue weighted by Gasteiger charge is 2.30. The molecule has 0 unspecified atom stereocenters. The number of benzene rings is 2. The van der Waals surface area contributed by atoms with Crippen LogP contribution in [0.3, 0.4) is 0 Å². The van der Waals surface area contributed by atoms with Crippen molar-refractivity contribution in [2.75, 3.05) is 31.1 Å². The Labute approximate surface area is 178 Å². The van der Waals surface area contributed by atoms with Crippen LogP contribution in [-0.4, -0.2) is 44.1 Å². The molecule has 1 aliphatic rings. The van der Waals surface area contributed by atoms with Crippen molar-refractivity contribution in [3.05, 3.63) is 64.8 Å². The van der Waals surface area contributed by atoms with E-state index in [0.29, 0.717) is 42.4 Å².